The van der Waals surface area contributed by atoms with Gasteiger partial charge in [-0.05, 0) is 28.7 Å². The maximum atomic E-state index is 11.9. The quantitative estimate of drug-likeness (QED) is 0.917. The van der Waals surface area contributed by atoms with E-state index in [9.17, 15) is 4.79 Å². The summed E-state index contributed by atoms with van der Waals surface area (Å²) in [6, 6.07) is 0.397. The molecule has 1 aliphatic rings. The molecule has 1 aromatic heterocycles. The van der Waals surface area contributed by atoms with Crippen LogP contribution >= 0.6 is 0 Å². The first-order valence-electron chi connectivity index (χ1n) is 7.49. The second kappa shape index (κ2) is 6.33. The van der Waals surface area contributed by atoms with Crippen LogP contribution in [0.3, 0.4) is 0 Å². The first kappa shape index (κ1) is 14.9. The molecule has 0 unspecified atom stereocenters. The number of hydrogen-bond acceptors (Lipinski definition) is 4. The maximum Gasteiger partial charge on any atom is 0.220 e. The van der Waals surface area contributed by atoms with Gasteiger partial charge in [0.25, 0.3) is 0 Å². The minimum Gasteiger partial charge on any atom is -0.349 e. The van der Waals surface area contributed by atoms with Crippen LogP contribution in [-0.4, -0.2) is 26.1 Å². The van der Waals surface area contributed by atoms with Gasteiger partial charge in [0.05, 0.1) is 12.6 Å². The molecule has 1 amide bonds. The van der Waals surface area contributed by atoms with Crippen LogP contribution in [0.5, 0.6) is 0 Å². The van der Waals surface area contributed by atoms with Crippen molar-refractivity contribution < 1.29 is 4.79 Å². The molecule has 0 aromatic carbocycles. The number of tetrazole rings is 1. The van der Waals surface area contributed by atoms with Gasteiger partial charge in [-0.3, -0.25) is 4.79 Å². The molecule has 20 heavy (non-hydrogen) atoms. The predicted octanol–water partition coefficient (Wildman–Crippen LogP) is 2.23. The summed E-state index contributed by atoms with van der Waals surface area (Å²) in [7, 11) is 0. The number of nitrogens with one attached hydrogen (secondary N) is 1. The highest BCUT2D eigenvalue weighted by Gasteiger charge is 2.21. The fourth-order valence-electron chi connectivity index (χ4n) is 2.66. The van der Waals surface area contributed by atoms with E-state index in [1.807, 2.05) is 4.68 Å². The van der Waals surface area contributed by atoms with E-state index in [0.29, 0.717) is 19.0 Å². The lowest BCUT2D eigenvalue weighted by molar-refractivity contribution is -0.123. The van der Waals surface area contributed by atoms with Gasteiger partial charge >= 0.3 is 0 Å². The van der Waals surface area contributed by atoms with Crippen molar-refractivity contribution in [2.24, 2.45) is 5.41 Å². The highest BCUT2D eigenvalue weighted by atomic mass is 16.1. The van der Waals surface area contributed by atoms with E-state index in [1.165, 1.54) is 19.3 Å². The van der Waals surface area contributed by atoms with Crippen molar-refractivity contribution in [3.63, 3.8) is 0 Å². The van der Waals surface area contributed by atoms with Gasteiger partial charge in [0.1, 0.15) is 0 Å². The van der Waals surface area contributed by atoms with Crippen molar-refractivity contribution in [1.29, 1.82) is 0 Å². The fourth-order valence-corrected chi connectivity index (χ4v) is 2.66. The lowest BCUT2D eigenvalue weighted by Gasteiger charge is -2.22. The number of aromatic nitrogens is 4. The molecule has 0 radical (unpaired) electrons. The third-order valence-corrected chi connectivity index (χ3v) is 3.62. The van der Waals surface area contributed by atoms with Crippen LogP contribution in [0.25, 0.3) is 0 Å². The van der Waals surface area contributed by atoms with Crippen LogP contribution in [0.15, 0.2) is 0 Å². The van der Waals surface area contributed by atoms with Gasteiger partial charge in [-0.2, -0.15) is 0 Å². The van der Waals surface area contributed by atoms with E-state index < -0.39 is 0 Å². The molecule has 1 heterocycles. The van der Waals surface area contributed by atoms with Crippen LogP contribution in [0.1, 0.15) is 71.2 Å². The Morgan fingerprint density at radius 2 is 2.00 bits per heavy atom. The zero-order valence-electron chi connectivity index (χ0n) is 12.7. The smallest absolute Gasteiger partial charge is 0.220 e. The van der Waals surface area contributed by atoms with Crippen molar-refractivity contribution in [3.8, 4) is 0 Å². The van der Waals surface area contributed by atoms with E-state index in [0.717, 1.165) is 18.7 Å². The Kier molecular flexibility index (Phi) is 4.73. The monoisotopic (exact) mass is 279 g/mol. The standard InChI is InChI=1S/C14H25N5O/c1-14(2,3)9-13(20)15-10-12-16-17-18-19(12)11-7-5-4-6-8-11/h11H,4-10H2,1-3H3,(H,15,20). The minimum absolute atomic E-state index is 0.000619. The van der Waals surface area contributed by atoms with Crippen molar-refractivity contribution in [2.75, 3.05) is 0 Å². The number of carbonyl (C=O) groups is 1. The first-order valence-corrected chi connectivity index (χ1v) is 7.49. The number of hydrogen-bond donors (Lipinski definition) is 1. The van der Waals surface area contributed by atoms with Gasteiger partial charge < -0.3 is 5.32 Å². The zero-order valence-corrected chi connectivity index (χ0v) is 12.7. The van der Waals surface area contributed by atoms with Gasteiger partial charge in [0.2, 0.25) is 5.91 Å². The molecule has 0 aliphatic heterocycles. The molecule has 1 aromatic rings. The molecular formula is C14H25N5O. The second-order valence-electron chi connectivity index (χ2n) is 6.85. The second-order valence-corrected chi connectivity index (χ2v) is 6.85. The van der Waals surface area contributed by atoms with E-state index >= 15 is 0 Å². The topological polar surface area (TPSA) is 72.7 Å². The highest BCUT2D eigenvalue weighted by Crippen LogP contribution is 2.27. The van der Waals surface area contributed by atoms with Crippen molar-refractivity contribution in [1.82, 2.24) is 25.5 Å². The molecule has 0 spiro atoms. The summed E-state index contributed by atoms with van der Waals surface area (Å²) < 4.78 is 1.90. The average molecular weight is 279 g/mol. The summed E-state index contributed by atoms with van der Waals surface area (Å²) in [5.41, 5.74) is -0.000619. The molecule has 112 valence electrons. The largest absolute Gasteiger partial charge is 0.349 e. The Labute approximate surface area is 120 Å². The van der Waals surface area contributed by atoms with E-state index in [4.69, 9.17) is 0 Å². The minimum atomic E-state index is -0.000619. The van der Waals surface area contributed by atoms with Crippen LogP contribution in [0.2, 0.25) is 0 Å². The molecule has 6 nitrogen and oxygen atoms in total. The molecule has 0 atom stereocenters. The molecule has 1 fully saturated rings. The van der Waals surface area contributed by atoms with Crippen LogP contribution in [-0.2, 0) is 11.3 Å². The molecular weight excluding hydrogens is 254 g/mol. The third-order valence-electron chi connectivity index (χ3n) is 3.62. The Balaban J connectivity index is 1.90. The zero-order chi connectivity index (χ0) is 14.6. The molecule has 6 heteroatoms. The third kappa shape index (κ3) is 4.28. The van der Waals surface area contributed by atoms with Crippen molar-refractivity contribution in [3.05, 3.63) is 5.82 Å². The lowest BCUT2D eigenvalue weighted by atomic mass is 9.92. The van der Waals surface area contributed by atoms with Crippen LogP contribution in [0.4, 0.5) is 0 Å². The molecule has 1 N–H and O–H groups in total. The molecule has 1 aliphatic carbocycles. The normalized spacial score (nSPS) is 17.1. The molecule has 0 bridgehead atoms. The number of rotatable bonds is 4. The predicted molar refractivity (Wildman–Crippen MR) is 75.9 cm³/mol. The first-order chi connectivity index (χ1) is 9.46. The van der Waals surface area contributed by atoms with Crippen molar-refractivity contribution in [2.45, 2.75) is 71.9 Å². The molecule has 0 saturated heterocycles. The summed E-state index contributed by atoms with van der Waals surface area (Å²) in [6.45, 7) is 6.58. The van der Waals surface area contributed by atoms with Gasteiger partial charge in [0, 0.05) is 6.42 Å². The Bertz CT molecular complexity index is 443. The van der Waals surface area contributed by atoms with Crippen LogP contribution < -0.4 is 5.32 Å². The summed E-state index contributed by atoms with van der Waals surface area (Å²) in [5, 5.41) is 14.8. The summed E-state index contributed by atoms with van der Waals surface area (Å²) >= 11 is 0. The number of nitrogens with zero attached hydrogens (tertiary/aromatic N) is 4. The Morgan fingerprint density at radius 3 is 2.65 bits per heavy atom. The van der Waals surface area contributed by atoms with E-state index in [1.54, 1.807) is 0 Å². The highest BCUT2D eigenvalue weighted by molar-refractivity contribution is 5.76. The van der Waals surface area contributed by atoms with Gasteiger partial charge in [-0.15, -0.1) is 5.10 Å². The molecule has 2 rings (SSSR count). The van der Waals surface area contributed by atoms with E-state index in [-0.39, 0.29) is 11.3 Å². The van der Waals surface area contributed by atoms with E-state index in [2.05, 4.69) is 41.6 Å². The number of carbonyl (C=O) groups excluding carboxylic acids is 1. The summed E-state index contributed by atoms with van der Waals surface area (Å²) in [6.07, 6.45) is 6.55. The van der Waals surface area contributed by atoms with Crippen LogP contribution in [0, 0.1) is 5.41 Å². The molecule has 1 saturated carbocycles. The average Bonchev–Trinajstić information content (AvgIpc) is 2.83. The Hall–Kier alpha value is -1.46. The van der Waals surface area contributed by atoms with Gasteiger partial charge in [-0.1, -0.05) is 40.0 Å². The van der Waals surface area contributed by atoms with Gasteiger partial charge in [0.15, 0.2) is 5.82 Å². The van der Waals surface area contributed by atoms with Gasteiger partial charge in [-0.25, -0.2) is 4.68 Å². The van der Waals surface area contributed by atoms with Crippen molar-refractivity contribution >= 4 is 5.91 Å². The Morgan fingerprint density at radius 1 is 1.30 bits per heavy atom. The summed E-state index contributed by atoms with van der Waals surface area (Å²) in [4.78, 5) is 11.9. The lowest BCUT2D eigenvalue weighted by Crippen LogP contribution is -2.29. The summed E-state index contributed by atoms with van der Waals surface area (Å²) in [5.74, 6) is 0.815. The fraction of sp³-hybridized carbons (Fsp3) is 0.857. The maximum absolute atomic E-state index is 11.9. The SMILES string of the molecule is CC(C)(C)CC(=O)NCc1nnnn1C1CCCCC1. The number of amides is 1.